The number of rotatable bonds is 3. The molecule has 2 rings (SSSR count). The van der Waals surface area contributed by atoms with Crippen LogP contribution in [-0.4, -0.2) is 0 Å². The molecule has 0 aliphatic heterocycles. The fraction of sp³-hybridized carbons (Fsp3) is 0.0667. The van der Waals surface area contributed by atoms with E-state index in [4.69, 9.17) is 6.42 Å². The summed E-state index contributed by atoms with van der Waals surface area (Å²) in [5.74, 6) is 1.63. The number of anilines is 1. The van der Waals surface area contributed by atoms with Crippen LogP contribution in [0.5, 0.6) is 0 Å². The highest BCUT2D eigenvalue weighted by molar-refractivity contribution is 5.50. The highest BCUT2D eigenvalue weighted by Crippen LogP contribution is 2.14. The number of benzene rings is 2. The topological polar surface area (TPSA) is 12.0 Å². The lowest BCUT2D eigenvalue weighted by atomic mass is 10.2. The first-order chi connectivity index (χ1) is 8.69. The first kappa shape index (κ1) is 12.1. The molecule has 0 heterocycles. The molecular weight excluding hydrogens is 232 g/mol. The molecule has 0 aliphatic rings. The van der Waals surface area contributed by atoms with E-state index >= 15 is 0 Å². The second-order valence-electron chi connectivity index (χ2n) is 3.81. The number of hydrogen-bond donors (Lipinski definition) is 1. The van der Waals surface area contributed by atoms with Crippen LogP contribution in [0.15, 0.2) is 42.5 Å². The monoisotopic (exact) mass is 243 g/mol. The Kier molecular flexibility index (Phi) is 3.59. The van der Waals surface area contributed by atoms with E-state index in [1.807, 2.05) is 6.07 Å². The Morgan fingerprint density at radius 2 is 1.94 bits per heavy atom. The van der Waals surface area contributed by atoms with Gasteiger partial charge in [0, 0.05) is 23.4 Å². The average molecular weight is 243 g/mol. The third kappa shape index (κ3) is 2.86. The van der Waals surface area contributed by atoms with Gasteiger partial charge in [0.2, 0.25) is 0 Å². The van der Waals surface area contributed by atoms with Gasteiger partial charge in [0.25, 0.3) is 0 Å². The Balaban J connectivity index is 2.11. The number of hydrogen-bond acceptors (Lipinski definition) is 1. The van der Waals surface area contributed by atoms with Crippen molar-refractivity contribution in [3.63, 3.8) is 0 Å². The van der Waals surface area contributed by atoms with Gasteiger partial charge in [0.05, 0.1) is 0 Å². The van der Waals surface area contributed by atoms with E-state index in [0.717, 1.165) is 23.4 Å². The Labute approximate surface area is 104 Å². The van der Waals surface area contributed by atoms with Crippen molar-refractivity contribution in [3.05, 3.63) is 65.2 Å². The van der Waals surface area contributed by atoms with E-state index in [0.29, 0.717) is 0 Å². The molecule has 0 radical (unpaired) electrons. The molecule has 0 amide bonds. The summed E-state index contributed by atoms with van der Waals surface area (Å²) in [4.78, 5) is 0. The molecule has 0 unspecified atom stereocenters. The third-order valence-corrected chi connectivity index (χ3v) is 2.52. The van der Waals surface area contributed by atoms with E-state index in [-0.39, 0.29) is 12.1 Å². The van der Waals surface area contributed by atoms with Crippen LogP contribution in [0.4, 0.5) is 14.5 Å². The minimum absolute atomic E-state index is 0.206. The van der Waals surface area contributed by atoms with Gasteiger partial charge in [-0.3, -0.25) is 0 Å². The maximum atomic E-state index is 13.4. The summed E-state index contributed by atoms with van der Waals surface area (Å²) in [5.41, 5.74) is 1.79. The van der Waals surface area contributed by atoms with Crippen LogP contribution in [0, 0.1) is 24.0 Å². The van der Waals surface area contributed by atoms with Crippen molar-refractivity contribution >= 4 is 5.69 Å². The van der Waals surface area contributed by atoms with Gasteiger partial charge in [0.15, 0.2) is 0 Å². The van der Waals surface area contributed by atoms with Crippen LogP contribution >= 0.6 is 0 Å². The van der Waals surface area contributed by atoms with Gasteiger partial charge in [0.1, 0.15) is 11.6 Å². The SMILES string of the molecule is C#Cc1cccc(NCc2cc(F)ccc2F)c1. The molecule has 0 aliphatic carbocycles. The number of halogens is 2. The zero-order valence-corrected chi connectivity index (χ0v) is 9.58. The summed E-state index contributed by atoms with van der Waals surface area (Å²) in [7, 11) is 0. The Morgan fingerprint density at radius 3 is 2.72 bits per heavy atom. The van der Waals surface area contributed by atoms with Crippen molar-refractivity contribution < 1.29 is 8.78 Å². The molecule has 1 N–H and O–H groups in total. The maximum absolute atomic E-state index is 13.4. The lowest BCUT2D eigenvalue weighted by molar-refractivity contribution is 0.587. The van der Waals surface area contributed by atoms with Gasteiger partial charge in [-0.05, 0) is 36.4 Å². The second-order valence-corrected chi connectivity index (χ2v) is 3.81. The highest BCUT2D eigenvalue weighted by atomic mass is 19.1. The molecule has 2 aromatic rings. The van der Waals surface area contributed by atoms with Crippen LogP contribution < -0.4 is 5.32 Å². The Bertz CT molecular complexity index is 600. The molecule has 0 fully saturated rings. The van der Waals surface area contributed by atoms with Crippen LogP contribution in [0.25, 0.3) is 0 Å². The summed E-state index contributed by atoms with van der Waals surface area (Å²) in [5, 5.41) is 3.00. The Hall–Kier alpha value is -2.34. The second kappa shape index (κ2) is 5.33. The van der Waals surface area contributed by atoms with Crippen molar-refractivity contribution in [1.29, 1.82) is 0 Å². The minimum Gasteiger partial charge on any atom is -0.381 e. The van der Waals surface area contributed by atoms with Gasteiger partial charge in [-0.1, -0.05) is 12.0 Å². The van der Waals surface area contributed by atoms with E-state index < -0.39 is 11.6 Å². The minimum atomic E-state index is -0.453. The van der Waals surface area contributed by atoms with Crippen molar-refractivity contribution in [2.45, 2.75) is 6.54 Å². The van der Waals surface area contributed by atoms with Gasteiger partial charge in [-0.15, -0.1) is 6.42 Å². The smallest absolute Gasteiger partial charge is 0.128 e. The molecule has 18 heavy (non-hydrogen) atoms. The van der Waals surface area contributed by atoms with Crippen molar-refractivity contribution in [2.24, 2.45) is 0 Å². The zero-order chi connectivity index (χ0) is 13.0. The van der Waals surface area contributed by atoms with Crippen LogP contribution in [0.1, 0.15) is 11.1 Å². The predicted molar refractivity (Wildman–Crippen MR) is 68.1 cm³/mol. The molecule has 0 aromatic heterocycles. The standard InChI is InChI=1S/C15H11F2N/c1-2-11-4-3-5-14(8-11)18-10-12-9-13(16)6-7-15(12)17/h1,3-9,18H,10H2. The summed E-state index contributed by atoms with van der Waals surface area (Å²) in [6.45, 7) is 0.206. The lowest BCUT2D eigenvalue weighted by Gasteiger charge is -2.08. The quantitative estimate of drug-likeness (QED) is 0.813. The van der Waals surface area contributed by atoms with Gasteiger partial charge < -0.3 is 5.32 Å². The van der Waals surface area contributed by atoms with Crippen LogP contribution in [-0.2, 0) is 6.54 Å². The van der Waals surface area contributed by atoms with Crippen molar-refractivity contribution in [2.75, 3.05) is 5.32 Å². The Morgan fingerprint density at radius 1 is 1.11 bits per heavy atom. The van der Waals surface area contributed by atoms with Crippen molar-refractivity contribution in [3.8, 4) is 12.3 Å². The first-order valence-corrected chi connectivity index (χ1v) is 5.43. The van der Waals surface area contributed by atoms with Gasteiger partial charge in [-0.25, -0.2) is 8.78 Å². The fourth-order valence-corrected chi connectivity index (χ4v) is 1.60. The summed E-state index contributed by atoms with van der Waals surface area (Å²) in [6.07, 6.45) is 5.28. The molecular formula is C15H11F2N. The van der Waals surface area contributed by atoms with E-state index in [2.05, 4.69) is 11.2 Å². The molecule has 90 valence electrons. The normalized spacial score (nSPS) is 9.83. The lowest BCUT2D eigenvalue weighted by Crippen LogP contribution is -2.02. The number of terminal acetylenes is 1. The molecule has 2 aromatic carbocycles. The van der Waals surface area contributed by atoms with Crippen molar-refractivity contribution in [1.82, 2.24) is 0 Å². The van der Waals surface area contributed by atoms with E-state index in [9.17, 15) is 8.78 Å². The highest BCUT2D eigenvalue weighted by Gasteiger charge is 2.03. The third-order valence-electron chi connectivity index (χ3n) is 2.52. The summed E-state index contributed by atoms with van der Waals surface area (Å²) < 4.78 is 26.3. The molecule has 0 atom stereocenters. The summed E-state index contributed by atoms with van der Waals surface area (Å²) in [6, 6.07) is 10.6. The van der Waals surface area contributed by atoms with Gasteiger partial charge >= 0.3 is 0 Å². The zero-order valence-electron chi connectivity index (χ0n) is 9.58. The molecule has 0 bridgehead atoms. The molecule has 0 saturated carbocycles. The van der Waals surface area contributed by atoms with Crippen LogP contribution in [0.3, 0.4) is 0 Å². The van der Waals surface area contributed by atoms with Gasteiger partial charge in [-0.2, -0.15) is 0 Å². The fourth-order valence-electron chi connectivity index (χ4n) is 1.60. The van der Waals surface area contributed by atoms with E-state index in [1.165, 1.54) is 6.07 Å². The first-order valence-electron chi connectivity index (χ1n) is 5.43. The maximum Gasteiger partial charge on any atom is 0.128 e. The number of nitrogens with one attached hydrogen (secondary N) is 1. The molecule has 1 nitrogen and oxygen atoms in total. The molecule has 0 saturated heterocycles. The van der Waals surface area contributed by atoms with E-state index in [1.54, 1.807) is 18.2 Å². The largest absolute Gasteiger partial charge is 0.381 e. The van der Waals surface area contributed by atoms with Crippen LogP contribution in [0.2, 0.25) is 0 Å². The predicted octanol–water partition coefficient (Wildman–Crippen LogP) is 3.56. The average Bonchev–Trinajstić information content (AvgIpc) is 2.40. The summed E-state index contributed by atoms with van der Waals surface area (Å²) >= 11 is 0. The molecule has 3 heteroatoms. The molecule has 0 spiro atoms.